The number of aromatic nitrogens is 2. The quantitative estimate of drug-likeness (QED) is 0.154. The molecule has 0 amide bonds. The van der Waals surface area contributed by atoms with Crippen LogP contribution in [0.5, 0.6) is 0 Å². The molecule has 8 aromatic carbocycles. The second-order valence-corrected chi connectivity index (χ2v) is 15.4. The molecule has 11 rings (SSSR count). The van der Waals surface area contributed by atoms with E-state index in [1.165, 1.54) is 22.1 Å². The SMILES string of the molecule is CN1CN(c2cccc(N(c3ccc4c5ccccc5n(-c5cc(-c6ccccc6)ccn5)c4c3)c3c(-c4ccccc4)cccc3-c3ccccc3)c2)c2ccccc21. The molecule has 5 nitrogen and oxygen atoms in total. The topological polar surface area (TPSA) is 27.5 Å². The van der Waals surface area contributed by atoms with Crippen LogP contribution in [0.15, 0.2) is 219 Å². The van der Waals surface area contributed by atoms with Gasteiger partial charge in [-0.1, -0.05) is 152 Å². The van der Waals surface area contributed by atoms with E-state index in [0.29, 0.717) is 0 Å². The molecule has 0 unspecified atom stereocenters. The van der Waals surface area contributed by atoms with Crippen LogP contribution in [0.2, 0.25) is 0 Å². The van der Waals surface area contributed by atoms with Gasteiger partial charge < -0.3 is 14.7 Å². The van der Waals surface area contributed by atoms with E-state index in [2.05, 4.69) is 239 Å². The lowest BCUT2D eigenvalue weighted by Crippen LogP contribution is -2.24. The number of benzene rings is 8. The second-order valence-electron chi connectivity index (χ2n) is 15.4. The van der Waals surface area contributed by atoms with Crippen molar-refractivity contribution in [3.05, 3.63) is 219 Å². The van der Waals surface area contributed by atoms with Gasteiger partial charge in [0.25, 0.3) is 0 Å². The Morgan fingerprint density at radius 3 is 1.78 bits per heavy atom. The lowest BCUT2D eigenvalue weighted by atomic mass is 9.94. The van der Waals surface area contributed by atoms with Crippen molar-refractivity contribution in [2.45, 2.75) is 0 Å². The molecule has 0 N–H and O–H groups in total. The van der Waals surface area contributed by atoms with Gasteiger partial charge in [0.15, 0.2) is 0 Å². The molecule has 5 heteroatoms. The Labute approximate surface area is 350 Å². The smallest absolute Gasteiger partial charge is 0.138 e. The summed E-state index contributed by atoms with van der Waals surface area (Å²) in [6, 6.07) is 76.4. The highest BCUT2D eigenvalue weighted by molar-refractivity contribution is 6.11. The third-order valence-corrected chi connectivity index (χ3v) is 11.8. The normalized spacial score (nSPS) is 12.3. The van der Waals surface area contributed by atoms with E-state index < -0.39 is 0 Å². The Bertz CT molecular complexity index is 3100. The molecular weight excluding hydrogens is 731 g/mol. The lowest BCUT2D eigenvalue weighted by molar-refractivity contribution is 0.949. The zero-order valence-corrected chi connectivity index (χ0v) is 33.2. The summed E-state index contributed by atoms with van der Waals surface area (Å²) in [5.41, 5.74) is 15.8. The zero-order valence-electron chi connectivity index (χ0n) is 33.2. The molecule has 0 spiro atoms. The fourth-order valence-corrected chi connectivity index (χ4v) is 8.99. The molecule has 0 aliphatic carbocycles. The Morgan fingerprint density at radius 2 is 1.05 bits per heavy atom. The highest BCUT2D eigenvalue weighted by Gasteiger charge is 2.27. The minimum Gasteiger partial charge on any atom is -0.355 e. The highest BCUT2D eigenvalue weighted by atomic mass is 15.4. The number of rotatable bonds is 8. The number of anilines is 6. The van der Waals surface area contributed by atoms with Gasteiger partial charge in [-0.25, -0.2) is 4.98 Å². The summed E-state index contributed by atoms with van der Waals surface area (Å²) < 4.78 is 2.33. The third-order valence-electron chi connectivity index (χ3n) is 11.8. The van der Waals surface area contributed by atoms with Gasteiger partial charge in [0.05, 0.1) is 34.8 Å². The summed E-state index contributed by atoms with van der Waals surface area (Å²) >= 11 is 0. The Balaban J connectivity index is 1.19. The second kappa shape index (κ2) is 14.8. The number of hydrogen-bond donors (Lipinski definition) is 0. The lowest BCUT2D eigenvalue weighted by Gasteiger charge is -2.31. The van der Waals surface area contributed by atoms with Crippen LogP contribution in [-0.2, 0) is 0 Å². The Hall–Kier alpha value is -7.89. The van der Waals surface area contributed by atoms with E-state index in [9.17, 15) is 0 Å². The minimum absolute atomic E-state index is 0.764. The van der Waals surface area contributed by atoms with Gasteiger partial charge in [0.1, 0.15) is 5.82 Å². The van der Waals surface area contributed by atoms with Crippen LogP contribution in [0.3, 0.4) is 0 Å². The van der Waals surface area contributed by atoms with Crippen molar-refractivity contribution >= 4 is 55.9 Å². The van der Waals surface area contributed by atoms with Gasteiger partial charge in [0, 0.05) is 52.2 Å². The van der Waals surface area contributed by atoms with E-state index in [4.69, 9.17) is 4.98 Å². The van der Waals surface area contributed by atoms with Gasteiger partial charge in [-0.05, 0) is 82.9 Å². The molecular formula is C55H41N5. The fourth-order valence-electron chi connectivity index (χ4n) is 8.99. The molecule has 60 heavy (non-hydrogen) atoms. The first-order valence-corrected chi connectivity index (χ1v) is 20.5. The van der Waals surface area contributed by atoms with Crippen LogP contribution < -0.4 is 14.7 Å². The van der Waals surface area contributed by atoms with E-state index in [1.807, 2.05) is 6.20 Å². The first-order valence-electron chi connectivity index (χ1n) is 20.5. The van der Waals surface area contributed by atoms with E-state index in [0.717, 1.165) is 79.7 Å². The Kier molecular flexibility index (Phi) is 8.71. The first kappa shape index (κ1) is 35.3. The van der Waals surface area contributed by atoms with Crippen LogP contribution in [0.4, 0.5) is 34.1 Å². The van der Waals surface area contributed by atoms with Crippen LogP contribution in [0, 0.1) is 0 Å². The number of fused-ring (bicyclic) bond motifs is 4. The fraction of sp³-hybridized carbons (Fsp3) is 0.0364. The van der Waals surface area contributed by atoms with Gasteiger partial charge >= 0.3 is 0 Å². The molecule has 286 valence electrons. The minimum atomic E-state index is 0.764. The molecule has 10 aromatic rings. The van der Waals surface area contributed by atoms with E-state index in [-0.39, 0.29) is 0 Å². The molecule has 0 saturated heterocycles. The predicted molar refractivity (Wildman–Crippen MR) is 251 cm³/mol. The van der Waals surface area contributed by atoms with E-state index >= 15 is 0 Å². The molecule has 1 aliphatic rings. The summed E-state index contributed by atoms with van der Waals surface area (Å²) in [6.45, 7) is 0.764. The highest BCUT2D eigenvalue weighted by Crippen LogP contribution is 2.49. The summed E-state index contributed by atoms with van der Waals surface area (Å²) in [6.07, 6.45) is 1.93. The standard InChI is InChI=1S/C55H41N5/c1-57-38-58(52-30-14-13-29-51(52)57)43-23-15-24-44(36-43)59(55-46(40-19-7-3-8-20-40)26-16-27-47(55)41-21-9-4-10-22-41)45-31-32-49-48-25-11-12-28-50(48)60(53(49)37-45)54-35-42(33-34-56-54)39-17-5-2-6-18-39/h2-37H,38H2,1H3. The van der Waals surface area contributed by atoms with Crippen molar-refractivity contribution in [3.63, 3.8) is 0 Å². The van der Waals surface area contributed by atoms with E-state index in [1.54, 1.807) is 0 Å². The van der Waals surface area contributed by atoms with Crippen molar-refractivity contribution in [2.24, 2.45) is 0 Å². The largest absolute Gasteiger partial charge is 0.355 e. The summed E-state index contributed by atoms with van der Waals surface area (Å²) in [5.74, 6) is 0.875. The van der Waals surface area contributed by atoms with Gasteiger partial charge in [-0.15, -0.1) is 0 Å². The van der Waals surface area contributed by atoms with Crippen LogP contribution in [0.1, 0.15) is 0 Å². The molecule has 0 atom stereocenters. The van der Waals surface area contributed by atoms with Crippen molar-refractivity contribution < 1.29 is 0 Å². The number of para-hydroxylation sites is 4. The zero-order chi connectivity index (χ0) is 40.0. The van der Waals surface area contributed by atoms with Crippen molar-refractivity contribution in [2.75, 3.05) is 28.4 Å². The first-order chi connectivity index (χ1) is 29.7. The van der Waals surface area contributed by atoms with Crippen LogP contribution in [0.25, 0.3) is 61.0 Å². The van der Waals surface area contributed by atoms with Crippen LogP contribution >= 0.6 is 0 Å². The molecule has 0 radical (unpaired) electrons. The maximum absolute atomic E-state index is 5.03. The molecule has 1 aliphatic heterocycles. The molecule has 0 saturated carbocycles. The number of nitrogens with zero attached hydrogens (tertiary/aromatic N) is 5. The van der Waals surface area contributed by atoms with Gasteiger partial charge in [0.2, 0.25) is 0 Å². The molecule has 2 aromatic heterocycles. The van der Waals surface area contributed by atoms with Crippen molar-refractivity contribution in [1.82, 2.24) is 9.55 Å². The average Bonchev–Trinajstić information content (AvgIpc) is 3.84. The predicted octanol–water partition coefficient (Wildman–Crippen LogP) is 14.2. The monoisotopic (exact) mass is 771 g/mol. The van der Waals surface area contributed by atoms with Gasteiger partial charge in [-0.2, -0.15) is 0 Å². The summed E-state index contributed by atoms with van der Waals surface area (Å²) in [4.78, 5) is 12.2. The molecule has 3 heterocycles. The number of pyridine rings is 1. The maximum Gasteiger partial charge on any atom is 0.138 e. The average molecular weight is 772 g/mol. The number of hydrogen-bond acceptors (Lipinski definition) is 4. The van der Waals surface area contributed by atoms with Crippen molar-refractivity contribution in [3.8, 4) is 39.2 Å². The van der Waals surface area contributed by atoms with Crippen LogP contribution in [-0.4, -0.2) is 23.3 Å². The van der Waals surface area contributed by atoms with Crippen molar-refractivity contribution in [1.29, 1.82) is 0 Å². The summed E-state index contributed by atoms with van der Waals surface area (Å²) in [5, 5.41) is 2.36. The Morgan fingerprint density at radius 1 is 0.450 bits per heavy atom. The molecule has 0 fully saturated rings. The van der Waals surface area contributed by atoms with Gasteiger partial charge in [-0.3, -0.25) is 4.57 Å². The maximum atomic E-state index is 5.03. The summed E-state index contributed by atoms with van der Waals surface area (Å²) in [7, 11) is 2.16. The molecule has 0 bridgehead atoms. The third kappa shape index (κ3) is 6.07.